The first-order valence-electron chi connectivity index (χ1n) is 8.61. The lowest BCUT2D eigenvalue weighted by Gasteiger charge is -2.48. The number of imide groups is 1. The molecule has 0 aromatic heterocycles. The van der Waals surface area contributed by atoms with Gasteiger partial charge < -0.3 is 4.74 Å². The van der Waals surface area contributed by atoms with Gasteiger partial charge in [0.25, 0.3) is 0 Å². The van der Waals surface area contributed by atoms with Crippen molar-refractivity contribution in [2.75, 3.05) is 13.2 Å². The van der Waals surface area contributed by atoms with E-state index in [1.165, 1.54) is 0 Å². The van der Waals surface area contributed by atoms with Gasteiger partial charge in [-0.25, -0.2) is 4.79 Å². The number of fused-ring (bicyclic) bond motifs is 1. The minimum atomic E-state index is -0.514. The van der Waals surface area contributed by atoms with Crippen LogP contribution in [0.5, 0.6) is 0 Å². The van der Waals surface area contributed by atoms with E-state index >= 15 is 0 Å². The number of nitrogens with zero attached hydrogens (tertiary/aromatic N) is 1. The van der Waals surface area contributed by atoms with Gasteiger partial charge >= 0.3 is 5.97 Å². The molecule has 6 heteroatoms. The van der Waals surface area contributed by atoms with E-state index in [9.17, 15) is 14.4 Å². The average molecular weight is 340 g/mol. The van der Waals surface area contributed by atoms with Crippen molar-refractivity contribution in [1.82, 2.24) is 10.2 Å². The van der Waals surface area contributed by atoms with E-state index in [1.807, 2.05) is 36.4 Å². The Hall–Kier alpha value is -2.47. The lowest BCUT2D eigenvalue weighted by atomic mass is 9.67. The third kappa shape index (κ3) is 2.57. The number of esters is 1. The Morgan fingerprint density at radius 1 is 1.20 bits per heavy atom. The first kappa shape index (κ1) is 16.0. The summed E-state index contributed by atoms with van der Waals surface area (Å²) in [4.78, 5) is 39.1. The van der Waals surface area contributed by atoms with Crippen molar-refractivity contribution in [2.24, 2.45) is 17.8 Å². The third-order valence-corrected chi connectivity index (χ3v) is 5.33. The van der Waals surface area contributed by atoms with E-state index in [4.69, 9.17) is 4.74 Å². The molecule has 1 N–H and O–H groups in total. The zero-order chi connectivity index (χ0) is 17.6. The second-order valence-corrected chi connectivity index (χ2v) is 6.77. The highest BCUT2D eigenvalue weighted by atomic mass is 16.5. The summed E-state index contributed by atoms with van der Waals surface area (Å²) < 4.78 is 5.19. The van der Waals surface area contributed by atoms with Crippen LogP contribution < -0.4 is 5.32 Å². The van der Waals surface area contributed by atoms with E-state index in [2.05, 4.69) is 10.2 Å². The molecule has 2 bridgehead atoms. The summed E-state index contributed by atoms with van der Waals surface area (Å²) >= 11 is 0. The molecule has 0 saturated carbocycles. The molecule has 3 aliphatic heterocycles. The number of carbonyl (C=O) groups is 3. The molecule has 3 heterocycles. The fourth-order valence-electron chi connectivity index (χ4n) is 4.40. The van der Waals surface area contributed by atoms with Gasteiger partial charge in [-0.1, -0.05) is 36.4 Å². The van der Waals surface area contributed by atoms with Crippen molar-refractivity contribution in [1.29, 1.82) is 0 Å². The van der Waals surface area contributed by atoms with Crippen molar-refractivity contribution in [2.45, 2.75) is 19.5 Å². The molecule has 4 atom stereocenters. The highest BCUT2D eigenvalue weighted by molar-refractivity contribution is 6.07. The summed E-state index contributed by atoms with van der Waals surface area (Å²) in [5, 5.41) is 2.45. The molecule has 2 amide bonds. The largest absolute Gasteiger partial charge is 0.463 e. The van der Waals surface area contributed by atoms with Crippen LogP contribution in [0.2, 0.25) is 0 Å². The number of ether oxygens (including phenoxy) is 1. The van der Waals surface area contributed by atoms with Gasteiger partial charge in [0, 0.05) is 19.0 Å². The fraction of sp³-hybridized carbons (Fsp3) is 0.421. The van der Waals surface area contributed by atoms with Gasteiger partial charge in [-0.2, -0.15) is 0 Å². The average Bonchev–Trinajstić information content (AvgIpc) is 2.92. The van der Waals surface area contributed by atoms with Crippen LogP contribution in [0.25, 0.3) is 0 Å². The molecule has 0 radical (unpaired) electrons. The maximum atomic E-state index is 12.4. The Labute approximate surface area is 145 Å². The highest BCUT2D eigenvalue weighted by Crippen LogP contribution is 2.46. The molecule has 6 nitrogen and oxygen atoms in total. The second kappa shape index (κ2) is 6.11. The molecule has 1 aliphatic carbocycles. The molecule has 0 unspecified atom stereocenters. The second-order valence-electron chi connectivity index (χ2n) is 6.77. The van der Waals surface area contributed by atoms with E-state index in [1.54, 1.807) is 6.92 Å². The first-order chi connectivity index (χ1) is 12.1. The molecule has 25 heavy (non-hydrogen) atoms. The van der Waals surface area contributed by atoms with Gasteiger partial charge in [0.05, 0.1) is 30.1 Å². The summed E-state index contributed by atoms with van der Waals surface area (Å²) in [6.45, 7) is 3.33. The number of carbonyl (C=O) groups excluding carboxylic acids is 3. The lowest BCUT2D eigenvalue weighted by Crippen LogP contribution is -2.58. The zero-order valence-corrected chi connectivity index (χ0v) is 14.0. The van der Waals surface area contributed by atoms with E-state index in [0.717, 1.165) is 5.56 Å². The van der Waals surface area contributed by atoms with E-state index in [-0.39, 0.29) is 36.2 Å². The molecule has 2 fully saturated rings. The Balaban J connectivity index is 1.70. The van der Waals surface area contributed by atoms with Crippen LogP contribution >= 0.6 is 0 Å². The van der Waals surface area contributed by atoms with Crippen molar-refractivity contribution < 1.29 is 19.1 Å². The van der Waals surface area contributed by atoms with Crippen molar-refractivity contribution in [3.63, 3.8) is 0 Å². The number of rotatable bonds is 4. The number of piperidine rings is 1. The van der Waals surface area contributed by atoms with Gasteiger partial charge in [0.1, 0.15) is 0 Å². The van der Waals surface area contributed by atoms with Gasteiger partial charge in [-0.05, 0) is 12.5 Å². The van der Waals surface area contributed by atoms with E-state index in [0.29, 0.717) is 18.7 Å². The number of hydrogen-bond donors (Lipinski definition) is 1. The van der Waals surface area contributed by atoms with Gasteiger partial charge in [-0.15, -0.1) is 0 Å². The van der Waals surface area contributed by atoms with Crippen LogP contribution in [-0.2, 0) is 25.7 Å². The predicted octanol–water partition coefficient (Wildman–Crippen LogP) is 0.879. The molecular weight excluding hydrogens is 320 g/mol. The fourth-order valence-corrected chi connectivity index (χ4v) is 4.40. The lowest BCUT2D eigenvalue weighted by molar-refractivity contribution is -0.142. The molecule has 0 spiro atoms. The third-order valence-electron chi connectivity index (χ3n) is 5.33. The Morgan fingerprint density at radius 3 is 2.64 bits per heavy atom. The first-order valence-corrected chi connectivity index (χ1v) is 8.61. The summed E-state index contributed by atoms with van der Waals surface area (Å²) in [7, 11) is 0. The highest BCUT2D eigenvalue weighted by Gasteiger charge is 2.59. The van der Waals surface area contributed by atoms with Crippen LogP contribution in [0, 0.1) is 17.8 Å². The van der Waals surface area contributed by atoms with Gasteiger partial charge in [-0.3, -0.25) is 19.8 Å². The molecule has 5 rings (SSSR count). The molecule has 130 valence electrons. The maximum Gasteiger partial charge on any atom is 0.335 e. The smallest absolute Gasteiger partial charge is 0.335 e. The topological polar surface area (TPSA) is 75.7 Å². The van der Waals surface area contributed by atoms with Crippen LogP contribution in [0.15, 0.2) is 42.0 Å². The van der Waals surface area contributed by atoms with Crippen molar-refractivity contribution >= 4 is 17.8 Å². The van der Waals surface area contributed by atoms with Crippen molar-refractivity contribution in [3.8, 4) is 0 Å². The molecule has 1 aromatic rings. The summed E-state index contributed by atoms with van der Waals surface area (Å²) in [6, 6.07) is 9.51. The molecule has 2 saturated heterocycles. The Bertz CT molecular complexity index is 758. The normalized spacial score (nSPS) is 30.7. The number of hydrogen-bond acceptors (Lipinski definition) is 5. The summed E-state index contributed by atoms with van der Waals surface area (Å²) in [5.74, 6) is -1.92. The predicted molar refractivity (Wildman–Crippen MR) is 89.0 cm³/mol. The Kier molecular flexibility index (Phi) is 3.92. The van der Waals surface area contributed by atoms with E-state index < -0.39 is 12.0 Å². The summed E-state index contributed by atoms with van der Waals surface area (Å²) in [5.41, 5.74) is 1.62. The number of benzene rings is 1. The van der Waals surface area contributed by atoms with Crippen LogP contribution in [-0.4, -0.2) is 41.9 Å². The molecule has 4 aliphatic rings. The standard InChI is InChI=1S/C19H20N2O4/c1-2-25-19(24)13-8-12-10-21(9-11-6-4-3-5-7-11)16(13)15-14(12)17(22)20-18(15)23/h3-8,12,14-16H,2,9-10H2,1H3,(H,20,22,23)/t12-,14-,15+,16+/m1/s1. The van der Waals surface area contributed by atoms with Crippen LogP contribution in [0.1, 0.15) is 12.5 Å². The maximum absolute atomic E-state index is 12.4. The van der Waals surface area contributed by atoms with Crippen LogP contribution in [0.4, 0.5) is 0 Å². The van der Waals surface area contributed by atoms with Gasteiger partial charge in [0.15, 0.2) is 0 Å². The van der Waals surface area contributed by atoms with Crippen molar-refractivity contribution in [3.05, 3.63) is 47.5 Å². The van der Waals surface area contributed by atoms with Crippen LogP contribution in [0.3, 0.4) is 0 Å². The summed E-state index contributed by atoms with van der Waals surface area (Å²) in [6.07, 6.45) is 1.85. The number of nitrogens with one attached hydrogen (secondary N) is 1. The minimum absolute atomic E-state index is 0.149. The molecular formula is C19H20N2O4. The number of amides is 2. The Morgan fingerprint density at radius 2 is 1.92 bits per heavy atom. The monoisotopic (exact) mass is 340 g/mol. The minimum Gasteiger partial charge on any atom is -0.463 e. The molecule has 1 aromatic carbocycles. The van der Waals surface area contributed by atoms with Gasteiger partial charge in [0.2, 0.25) is 11.8 Å². The quantitative estimate of drug-likeness (QED) is 0.650. The SMILES string of the molecule is CCOC(=O)C1=C[C@@H]2CN(Cc3ccccc3)[C@@H]1[C@H]1C(=O)NC(=O)[C@@H]12. The zero-order valence-electron chi connectivity index (χ0n) is 14.0.